The zero-order valence-corrected chi connectivity index (χ0v) is 13.8. The summed E-state index contributed by atoms with van der Waals surface area (Å²) in [6.07, 6.45) is 0.560. The van der Waals surface area contributed by atoms with Gasteiger partial charge in [-0.05, 0) is 35.4 Å². The number of nitrogen functional groups attached to an aromatic ring is 1. The number of ether oxygens (including phenoxy) is 2. The molecule has 0 spiro atoms. The predicted molar refractivity (Wildman–Crippen MR) is 96.0 cm³/mol. The average molecular weight is 348 g/mol. The van der Waals surface area contributed by atoms with E-state index in [-0.39, 0.29) is 12.7 Å². The van der Waals surface area contributed by atoms with Crippen LogP contribution in [0.4, 0.5) is 5.95 Å². The zero-order valence-electron chi connectivity index (χ0n) is 13.8. The van der Waals surface area contributed by atoms with Crippen LogP contribution in [0.25, 0.3) is 16.6 Å². The van der Waals surface area contributed by atoms with Crippen LogP contribution in [0.15, 0.2) is 36.4 Å². The van der Waals surface area contributed by atoms with Crippen LogP contribution in [0.5, 0.6) is 11.5 Å². The Balaban J connectivity index is 1.66. The van der Waals surface area contributed by atoms with Crippen molar-refractivity contribution < 1.29 is 9.47 Å². The highest BCUT2D eigenvalue weighted by molar-refractivity contribution is 5.92. The topological polar surface area (TPSA) is 114 Å². The van der Waals surface area contributed by atoms with Crippen LogP contribution < -0.4 is 20.9 Å². The van der Waals surface area contributed by atoms with Gasteiger partial charge >= 0.3 is 0 Å². The number of fused-ring (bicyclic) bond motifs is 4. The first-order valence-electron chi connectivity index (χ1n) is 8.23. The highest BCUT2D eigenvalue weighted by Gasteiger charge is 2.16. The number of benzene rings is 2. The largest absolute Gasteiger partial charge is 0.454 e. The van der Waals surface area contributed by atoms with E-state index >= 15 is 0 Å². The highest BCUT2D eigenvalue weighted by atomic mass is 16.7. The first-order valence-corrected chi connectivity index (χ1v) is 8.23. The molecule has 0 saturated carbocycles. The molecule has 4 N–H and O–H groups in total. The number of anilines is 1. The molecule has 0 radical (unpaired) electrons. The molecule has 26 heavy (non-hydrogen) atoms. The van der Waals surface area contributed by atoms with Gasteiger partial charge in [-0.25, -0.2) is 4.98 Å². The maximum absolute atomic E-state index is 5.86. The maximum atomic E-state index is 5.86. The monoisotopic (exact) mass is 348 g/mol. The Hall–Kier alpha value is -3.39. The van der Waals surface area contributed by atoms with Crippen LogP contribution in [-0.2, 0) is 13.0 Å². The van der Waals surface area contributed by atoms with Crippen molar-refractivity contribution in [1.29, 1.82) is 0 Å². The molecule has 0 fully saturated rings. The zero-order chi connectivity index (χ0) is 17.7. The van der Waals surface area contributed by atoms with E-state index < -0.39 is 0 Å². The molecular formula is C18H16N6O2. The van der Waals surface area contributed by atoms with Crippen molar-refractivity contribution in [2.24, 2.45) is 5.73 Å². The Morgan fingerprint density at radius 2 is 1.85 bits per heavy atom. The number of aromatic nitrogens is 4. The SMILES string of the molecule is NCc1ccc2nc(Cc3ccc4c(c3)OCO4)n3nc(N)nc3c2c1. The van der Waals surface area contributed by atoms with E-state index in [1.54, 1.807) is 4.52 Å². The van der Waals surface area contributed by atoms with Gasteiger partial charge < -0.3 is 20.9 Å². The van der Waals surface area contributed by atoms with Crippen LogP contribution >= 0.6 is 0 Å². The molecule has 130 valence electrons. The Morgan fingerprint density at radius 3 is 2.73 bits per heavy atom. The molecule has 1 aliphatic rings. The van der Waals surface area contributed by atoms with Crippen LogP contribution in [-0.4, -0.2) is 26.4 Å². The number of nitrogens with zero attached hydrogens (tertiary/aromatic N) is 4. The minimum Gasteiger partial charge on any atom is -0.454 e. The Morgan fingerprint density at radius 1 is 1.00 bits per heavy atom. The van der Waals surface area contributed by atoms with Gasteiger partial charge in [0, 0.05) is 18.4 Å². The summed E-state index contributed by atoms with van der Waals surface area (Å²) in [6, 6.07) is 11.7. The van der Waals surface area contributed by atoms with Crippen molar-refractivity contribution in [1.82, 2.24) is 19.6 Å². The summed E-state index contributed by atoms with van der Waals surface area (Å²) < 4.78 is 12.5. The lowest BCUT2D eigenvalue weighted by atomic mass is 10.1. The average Bonchev–Trinajstić information content (AvgIpc) is 3.27. The van der Waals surface area contributed by atoms with Gasteiger partial charge in [-0.15, -0.1) is 5.10 Å². The van der Waals surface area contributed by atoms with Gasteiger partial charge in [0.2, 0.25) is 12.7 Å². The van der Waals surface area contributed by atoms with Crippen LogP contribution in [0.2, 0.25) is 0 Å². The molecule has 0 saturated heterocycles. The molecule has 8 nitrogen and oxygen atoms in total. The van der Waals surface area contributed by atoms with Crippen molar-refractivity contribution in [2.45, 2.75) is 13.0 Å². The third-order valence-electron chi connectivity index (χ3n) is 4.45. The van der Waals surface area contributed by atoms with E-state index in [1.165, 1.54) is 0 Å². The van der Waals surface area contributed by atoms with Crippen molar-refractivity contribution in [3.63, 3.8) is 0 Å². The minimum atomic E-state index is 0.212. The number of rotatable bonds is 3. The van der Waals surface area contributed by atoms with E-state index in [4.69, 9.17) is 25.9 Å². The molecule has 2 aromatic carbocycles. The van der Waals surface area contributed by atoms with Gasteiger partial charge in [0.25, 0.3) is 0 Å². The van der Waals surface area contributed by atoms with Crippen molar-refractivity contribution in [2.75, 3.05) is 12.5 Å². The molecule has 0 bridgehead atoms. The molecule has 2 aromatic heterocycles. The standard InChI is InChI=1S/C18H16N6O2/c19-8-11-1-3-13-12(5-11)17-22-18(20)23-24(17)16(21-13)7-10-2-4-14-15(6-10)26-9-25-14/h1-6H,7-9,19H2,(H2,20,23). The first-order chi connectivity index (χ1) is 12.7. The molecule has 0 unspecified atom stereocenters. The summed E-state index contributed by atoms with van der Waals surface area (Å²) in [5.41, 5.74) is 15.2. The van der Waals surface area contributed by atoms with E-state index in [1.807, 2.05) is 36.4 Å². The summed E-state index contributed by atoms with van der Waals surface area (Å²) >= 11 is 0. The number of hydrogen-bond donors (Lipinski definition) is 2. The van der Waals surface area contributed by atoms with Gasteiger partial charge in [-0.2, -0.15) is 9.50 Å². The fourth-order valence-electron chi connectivity index (χ4n) is 3.20. The predicted octanol–water partition coefficient (Wildman–Crippen LogP) is 1.64. The van der Waals surface area contributed by atoms with Crippen molar-refractivity contribution in [3.8, 4) is 11.5 Å². The Kier molecular flexibility index (Phi) is 3.19. The lowest BCUT2D eigenvalue weighted by molar-refractivity contribution is 0.174. The summed E-state index contributed by atoms with van der Waals surface area (Å²) in [7, 11) is 0. The van der Waals surface area contributed by atoms with E-state index in [0.29, 0.717) is 18.6 Å². The van der Waals surface area contributed by atoms with Gasteiger partial charge in [-0.1, -0.05) is 12.1 Å². The molecular weight excluding hydrogens is 332 g/mol. The van der Waals surface area contributed by atoms with Gasteiger partial charge in [0.05, 0.1) is 5.52 Å². The summed E-state index contributed by atoms with van der Waals surface area (Å²) in [4.78, 5) is 9.15. The molecule has 3 heterocycles. The smallest absolute Gasteiger partial charge is 0.240 e. The lowest BCUT2D eigenvalue weighted by Crippen LogP contribution is -2.05. The molecule has 4 aromatic rings. The second kappa shape index (κ2) is 5.57. The molecule has 0 amide bonds. The third-order valence-corrected chi connectivity index (χ3v) is 4.45. The summed E-state index contributed by atoms with van der Waals surface area (Å²) in [5, 5.41) is 5.20. The molecule has 1 aliphatic heterocycles. The molecule has 0 aliphatic carbocycles. The Bertz CT molecular complexity index is 1150. The summed E-state index contributed by atoms with van der Waals surface area (Å²) in [6.45, 7) is 0.699. The van der Waals surface area contributed by atoms with Gasteiger partial charge in [0.1, 0.15) is 5.82 Å². The highest BCUT2D eigenvalue weighted by Crippen LogP contribution is 2.33. The lowest BCUT2D eigenvalue weighted by Gasteiger charge is -2.08. The number of hydrogen-bond acceptors (Lipinski definition) is 7. The quantitative estimate of drug-likeness (QED) is 0.578. The molecule has 5 rings (SSSR count). The van der Waals surface area contributed by atoms with Crippen LogP contribution in [0.3, 0.4) is 0 Å². The van der Waals surface area contributed by atoms with E-state index in [2.05, 4.69) is 10.1 Å². The van der Waals surface area contributed by atoms with Gasteiger partial charge in [-0.3, -0.25) is 0 Å². The normalized spacial score (nSPS) is 13.0. The minimum absolute atomic E-state index is 0.212. The molecule has 0 atom stereocenters. The number of nitrogens with two attached hydrogens (primary N) is 2. The van der Waals surface area contributed by atoms with Crippen molar-refractivity contribution >= 4 is 22.5 Å². The second-order valence-electron chi connectivity index (χ2n) is 6.15. The van der Waals surface area contributed by atoms with Gasteiger partial charge in [0.15, 0.2) is 17.1 Å². The Labute approximate surface area is 148 Å². The van der Waals surface area contributed by atoms with Crippen molar-refractivity contribution in [3.05, 3.63) is 53.3 Å². The maximum Gasteiger partial charge on any atom is 0.240 e. The third kappa shape index (κ3) is 2.31. The molecule has 8 heteroatoms. The summed E-state index contributed by atoms with van der Waals surface area (Å²) in [5.74, 6) is 2.45. The first kappa shape index (κ1) is 14.9. The fraction of sp³-hybridized carbons (Fsp3) is 0.167. The van der Waals surface area contributed by atoms with Crippen LogP contribution in [0.1, 0.15) is 17.0 Å². The fourth-order valence-corrected chi connectivity index (χ4v) is 3.20. The van der Waals surface area contributed by atoms with E-state index in [9.17, 15) is 0 Å². The van der Waals surface area contributed by atoms with E-state index in [0.717, 1.165) is 39.4 Å². The second-order valence-corrected chi connectivity index (χ2v) is 6.15. The van der Waals surface area contributed by atoms with Crippen LogP contribution in [0, 0.1) is 0 Å².